The summed E-state index contributed by atoms with van der Waals surface area (Å²) in [5, 5.41) is 2.92. The maximum Gasteiger partial charge on any atom is 0.474 e. The zero-order valence-corrected chi connectivity index (χ0v) is 30.1. The lowest BCUT2D eigenvalue weighted by molar-refractivity contribution is -0.154. The molecule has 0 spiro atoms. The summed E-state index contributed by atoms with van der Waals surface area (Å²) in [5.74, 6) is -3.16. The van der Waals surface area contributed by atoms with Crippen molar-refractivity contribution >= 4 is 33.3 Å². The van der Waals surface area contributed by atoms with Crippen LogP contribution in [0.3, 0.4) is 0 Å². The molecule has 0 aliphatic carbocycles. The first-order valence-electron chi connectivity index (χ1n) is 16.6. The van der Waals surface area contributed by atoms with E-state index >= 15 is 0 Å². The third-order valence-corrected chi connectivity index (χ3v) is 11.0. The molecule has 48 heavy (non-hydrogen) atoms. The number of rotatable bonds is 24. The van der Waals surface area contributed by atoms with E-state index in [-0.39, 0.29) is 64.5 Å². The number of ketones is 1. The minimum Gasteiger partial charge on any atom is -0.465 e. The van der Waals surface area contributed by atoms with Crippen LogP contribution in [-0.4, -0.2) is 87.4 Å². The number of carbonyl (C=O) groups is 3. The summed E-state index contributed by atoms with van der Waals surface area (Å²) in [6, 6.07) is 8.18. The number of carbonyl (C=O) groups excluding carboxylic acids is 3. The molecule has 1 aromatic rings. The number of unbranched alkanes of at least 4 members (excludes halogenated alkanes) is 2. The summed E-state index contributed by atoms with van der Waals surface area (Å²) < 4.78 is 61.8. The van der Waals surface area contributed by atoms with Gasteiger partial charge in [-0.25, -0.2) is 9.13 Å². The number of fused-ring (bicyclic) bond motifs is 2. The van der Waals surface area contributed by atoms with E-state index in [4.69, 9.17) is 31.9 Å². The third kappa shape index (κ3) is 11.7. The average molecular weight is 717 g/mol. The summed E-state index contributed by atoms with van der Waals surface area (Å²) in [5.41, 5.74) is 0.941. The summed E-state index contributed by atoms with van der Waals surface area (Å²) in [6.07, 6.45) is 4.92. The Kier molecular flexibility index (Phi) is 17.1. The average Bonchev–Trinajstić information content (AvgIpc) is 3.28. The van der Waals surface area contributed by atoms with Crippen LogP contribution in [0.4, 0.5) is 0 Å². The number of hydrogen-bond acceptors (Lipinski definition) is 13. The number of ether oxygens (including phenoxy) is 1. The molecule has 0 radical (unpaired) electrons. The minimum absolute atomic E-state index is 0.0195. The van der Waals surface area contributed by atoms with Crippen molar-refractivity contribution in [1.82, 2.24) is 10.2 Å². The molecule has 1 fully saturated rings. The summed E-state index contributed by atoms with van der Waals surface area (Å²) in [6.45, 7) is 8.30. The van der Waals surface area contributed by atoms with Gasteiger partial charge in [0.1, 0.15) is 0 Å². The maximum absolute atomic E-state index is 13.7. The van der Waals surface area contributed by atoms with Crippen molar-refractivity contribution < 1.29 is 55.4 Å². The quantitative estimate of drug-likeness (QED) is 0.0841. The van der Waals surface area contributed by atoms with Crippen molar-refractivity contribution in [1.29, 1.82) is 0 Å². The van der Waals surface area contributed by atoms with Crippen molar-refractivity contribution in [2.24, 2.45) is 11.8 Å². The van der Waals surface area contributed by atoms with E-state index in [1.807, 2.05) is 35.2 Å². The van der Waals surface area contributed by atoms with Crippen LogP contribution in [0.1, 0.15) is 58.9 Å². The molecule has 1 aromatic carbocycles. The lowest BCUT2D eigenvalue weighted by Crippen LogP contribution is -2.45. The highest BCUT2D eigenvalue weighted by Gasteiger charge is 2.58. The third-order valence-electron chi connectivity index (χ3n) is 7.67. The first-order valence-corrected chi connectivity index (χ1v) is 19.6. The van der Waals surface area contributed by atoms with Gasteiger partial charge in [-0.1, -0.05) is 36.4 Å². The molecule has 2 heterocycles. The van der Waals surface area contributed by atoms with E-state index < -0.39 is 45.5 Å². The van der Waals surface area contributed by atoms with Crippen LogP contribution in [0.25, 0.3) is 0 Å². The number of esters is 1. The van der Waals surface area contributed by atoms with Crippen molar-refractivity contribution in [3.63, 3.8) is 0 Å². The lowest BCUT2D eigenvalue weighted by atomic mass is 9.86. The summed E-state index contributed by atoms with van der Waals surface area (Å²) in [4.78, 5) is 42.5. The lowest BCUT2D eigenvalue weighted by Gasteiger charge is -2.31. The standard InChI is InChI=1S/C32H50N2O12P2/c1-5-41-47(38,42-6-2)45-22-13-12-20-33-31(36)28-26-18-19-27(35)30(34(26)24-25-16-10-9-11-17-25)29(28)32(37)40-21-14-15-23-46-48(39,43-7-3)44-8-4/h9-11,16-19,26,28-30H,5-8,12-15,20-24H2,1-4H3,(H,33,36)/t26-,28?,29?,30+/m1/s1. The zero-order chi connectivity index (χ0) is 35.0. The van der Waals surface area contributed by atoms with Crippen LogP contribution in [0, 0.1) is 11.8 Å². The van der Waals surface area contributed by atoms with Crippen molar-refractivity contribution in [2.75, 3.05) is 52.8 Å². The summed E-state index contributed by atoms with van der Waals surface area (Å²) in [7, 11) is -7.26. The molecule has 2 bridgehead atoms. The van der Waals surface area contributed by atoms with Gasteiger partial charge in [0.05, 0.1) is 64.1 Å². The fraction of sp³-hybridized carbons (Fsp3) is 0.656. The molecule has 16 heteroatoms. The minimum atomic E-state index is -3.64. The highest BCUT2D eigenvalue weighted by Crippen LogP contribution is 2.50. The molecule has 1 saturated heterocycles. The number of hydrogen-bond donors (Lipinski definition) is 1. The smallest absolute Gasteiger partial charge is 0.465 e. The van der Waals surface area contributed by atoms with Gasteiger partial charge in [0, 0.05) is 19.1 Å². The van der Waals surface area contributed by atoms with Crippen LogP contribution in [0.5, 0.6) is 0 Å². The van der Waals surface area contributed by atoms with Gasteiger partial charge >= 0.3 is 21.6 Å². The molecule has 0 aromatic heterocycles. The van der Waals surface area contributed by atoms with Crippen LogP contribution < -0.4 is 5.32 Å². The SMILES string of the molecule is CCOP(=O)(OCC)OCCCCNC(=O)C1C(C(=O)OCCCCOP(=O)(OCC)OCC)[C@@H]2C(=O)C=C[C@H]1N2Cc1ccccc1. The second kappa shape index (κ2) is 20.4. The number of amides is 1. The van der Waals surface area contributed by atoms with Crippen molar-refractivity contribution in [2.45, 2.75) is 72.0 Å². The number of phosphoric acid groups is 2. The topological polar surface area (TPSA) is 165 Å². The molecule has 1 amide bonds. The number of phosphoric ester groups is 2. The zero-order valence-electron chi connectivity index (χ0n) is 28.3. The molecular formula is C32H50N2O12P2. The van der Waals surface area contributed by atoms with Gasteiger partial charge in [0.25, 0.3) is 0 Å². The Bertz CT molecular complexity index is 1280. The monoisotopic (exact) mass is 716 g/mol. The van der Waals surface area contributed by atoms with Gasteiger partial charge in [0.2, 0.25) is 5.91 Å². The van der Waals surface area contributed by atoms with Crippen LogP contribution in [-0.2, 0) is 61.9 Å². The van der Waals surface area contributed by atoms with E-state index in [0.29, 0.717) is 32.2 Å². The Labute approximate surface area is 283 Å². The molecule has 270 valence electrons. The van der Waals surface area contributed by atoms with Crippen LogP contribution in [0.15, 0.2) is 42.5 Å². The Morgan fingerprint density at radius 1 is 0.750 bits per heavy atom. The Morgan fingerprint density at radius 3 is 1.85 bits per heavy atom. The fourth-order valence-corrected chi connectivity index (χ4v) is 8.12. The van der Waals surface area contributed by atoms with Crippen LogP contribution >= 0.6 is 15.6 Å². The Hall–Kier alpha value is -2.25. The fourth-order valence-electron chi connectivity index (χ4n) is 5.70. The Balaban J connectivity index is 1.63. The first kappa shape index (κ1) is 40.2. The first-order chi connectivity index (χ1) is 23.1. The van der Waals surface area contributed by atoms with Gasteiger partial charge < -0.3 is 10.1 Å². The Morgan fingerprint density at radius 2 is 1.29 bits per heavy atom. The van der Waals surface area contributed by atoms with E-state index in [1.165, 1.54) is 6.08 Å². The summed E-state index contributed by atoms with van der Waals surface area (Å²) >= 11 is 0. The molecule has 2 aliphatic heterocycles. The maximum atomic E-state index is 13.7. The predicted octanol–water partition coefficient (Wildman–Crippen LogP) is 5.23. The van der Waals surface area contributed by atoms with Gasteiger partial charge in [-0.2, -0.15) is 0 Å². The number of nitrogens with zero attached hydrogens (tertiary/aromatic N) is 1. The number of benzene rings is 1. The highest BCUT2D eigenvalue weighted by molar-refractivity contribution is 7.48. The normalized spacial score (nSPS) is 21.0. The molecule has 0 saturated carbocycles. The van der Waals surface area contributed by atoms with Crippen molar-refractivity contribution in [3.8, 4) is 0 Å². The van der Waals surface area contributed by atoms with Crippen LogP contribution in [0.2, 0.25) is 0 Å². The highest BCUT2D eigenvalue weighted by atomic mass is 31.2. The van der Waals surface area contributed by atoms with E-state index in [2.05, 4.69) is 5.32 Å². The molecule has 4 atom stereocenters. The van der Waals surface area contributed by atoms with Gasteiger partial charge in [-0.05, 0) is 65.0 Å². The second-order valence-electron chi connectivity index (χ2n) is 11.0. The molecule has 2 aliphatic rings. The van der Waals surface area contributed by atoms with Gasteiger partial charge in [-0.15, -0.1) is 0 Å². The van der Waals surface area contributed by atoms with E-state index in [1.54, 1.807) is 33.8 Å². The molecule has 14 nitrogen and oxygen atoms in total. The molecule has 2 unspecified atom stereocenters. The molecule has 1 N–H and O–H groups in total. The predicted molar refractivity (Wildman–Crippen MR) is 177 cm³/mol. The van der Waals surface area contributed by atoms with Gasteiger partial charge in [0.15, 0.2) is 5.78 Å². The largest absolute Gasteiger partial charge is 0.474 e. The number of nitrogens with one attached hydrogen (secondary N) is 1. The molecular weight excluding hydrogens is 666 g/mol. The van der Waals surface area contributed by atoms with E-state index in [9.17, 15) is 23.5 Å². The van der Waals surface area contributed by atoms with E-state index in [0.717, 1.165) is 5.56 Å². The van der Waals surface area contributed by atoms with Crippen molar-refractivity contribution in [3.05, 3.63) is 48.0 Å². The molecule has 3 rings (SSSR count). The van der Waals surface area contributed by atoms with Gasteiger partial charge in [-0.3, -0.25) is 46.4 Å². The second-order valence-corrected chi connectivity index (χ2v) is 14.3.